The highest BCUT2D eigenvalue weighted by Crippen LogP contribution is 2.22. The maximum Gasteiger partial charge on any atom is 0.167 e. The molecule has 112 valence electrons. The Kier molecular flexibility index (Phi) is 6.64. The summed E-state index contributed by atoms with van der Waals surface area (Å²) in [6.07, 6.45) is 0.279. The average molecular weight is 306 g/mol. The van der Waals surface area contributed by atoms with E-state index < -0.39 is 8.38 Å². The second-order valence-corrected chi connectivity index (χ2v) is 5.64. The predicted octanol–water partition coefficient (Wildman–Crippen LogP) is 3.05. The minimum absolute atomic E-state index is 0.279. The first-order chi connectivity index (χ1) is 10.3. The van der Waals surface area contributed by atoms with Gasteiger partial charge >= 0.3 is 0 Å². The zero-order chi connectivity index (χ0) is 14.9. The molecule has 0 saturated carbocycles. The Morgan fingerprint density at radius 2 is 1.43 bits per heavy atom. The second kappa shape index (κ2) is 8.75. The molecule has 0 amide bonds. The summed E-state index contributed by atoms with van der Waals surface area (Å²) in [5, 5.41) is 0. The van der Waals surface area contributed by atoms with Gasteiger partial charge in [-0.05, 0) is 23.3 Å². The zero-order valence-electron chi connectivity index (χ0n) is 11.7. The molecular formula is C16H19O4P. The minimum Gasteiger partial charge on any atom is -0.491 e. The lowest BCUT2D eigenvalue weighted by molar-refractivity contribution is 0.110. The standard InChI is InChI=1S/C16H19O4P/c17-21(18)13-12-19-10-11-20-16-8-6-15(7-9-16)14-4-2-1-3-5-14/h1-9,17-18H,10-13H2. The van der Waals surface area contributed by atoms with Crippen molar-refractivity contribution < 1.29 is 19.3 Å². The fraction of sp³-hybridized carbons (Fsp3) is 0.250. The second-order valence-electron chi connectivity index (χ2n) is 4.45. The summed E-state index contributed by atoms with van der Waals surface area (Å²) in [6.45, 7) is 1.22. The van der Waals surface area contributed by atoms with Gasteiger partial charge in [-0.15, -0.1) is 0 Å². The van der Waals surface area contributed by atoms with E-state index in [4.69, 9.17) is 19.3 Å². The highest BCUT2D eigenvalue weighted by atomic mass is 31.2. The fourth-order valence-electron chi connectivity index (χ4n) is 1.84. The molecular weight excluding hydrogens is 287 g/mol. The molecule has 2 aromatic carbocycles. The van der Waals surface area contributed by atoms with E-state index in [2.05, 4.69) is 12.1 Å². The maximum atomic E-state index is 8.72. The van der Waals surface area contributed by atoms with Gasteiger partial charge in [0.15, 0.2) is 8.38 Å². The normalized spacial score (nSPS) is 10.8. The molecule has 0 fully saturated rings. The molecule has 0 spiro atoms. The molecule has 4 nitrogen and oxygen atoms in total. The van der Waals surface area contributed by atoms with E-state index in [1.54, 1.807) is 0 Å². The van der Waals surface area contributed by atoms with Crippen molar-refractivity contribution in [3.05, 3.63) is 54.6 Å². The van der Waals surface area contributed by atoms with Gasteiger partial charge in [-0.25, -0.2) is 0 Å². The van der Waals surface area contributed by atoms with Crippen LogP contribution in [0, 0.1) is 0 Å². The topological polar surface area (TPSA) is 58.9 Å². The lowest BCUT2D eigenvalue weighted by Gasteiger charge is -2.08. The van der Waals surface area contributed by atoms with Crippen LogP contribution in [-0.2, 0) is 4.74 Å². The summed E-state index contributed by atoms with van der Waals surface area (Å²) in [4.78, 5) is 17.4. The highest BCUT2D eigenvalue weighted by molar-refractivity contribution is 7.45. The zero-order valence-corrected chi connectivity index (χ0v) is 12.6. The van der Waals surface area contributed by atoms with Gasteiger partial charge < -0.3 is 19.3 Å². The van der Waals surface area contributed by atoms with Gasteiger partial charge in [-0.2, -0.15) is 0 Å². The van der Waals surface area contributed by atoms with Gasteiger partial charge in [0.1, 0.15) is 12.4 Å². The SMILES string of the molecule is OP(O)CCOCCOc1ccc(-c2ccccc2)cc1. The van der Waals surface area contributed by atoms with Crippen molar-refractivity contribution in [2.45, 2.75) is 0 Å². The van der Waals surface area contributed by atoms with Crippen LogP contribution in [0.5, 0.6) is 5.75 Å². The number of benzene rings is 2. The van der Waals surface area contributed by atoms with Crippen LogP contribution in [0.25, 0.3) is 11.1 Å². The summed E-state index contributed by atoms with van der Waals surface area (Å²) >= 11 is 0. The largest absolute Gasteiger partial charge is 0.491 e. The minimum atomic E-state index is -1.86. The molecule has 5 heteroatoms. The monoisotopic (exact) mass is 306 g/mol. The van der Waals surface area contributed by atoms with Crippen LogP contribution < -0.4 is 4.74 Å². The van der Waals surface area contributed by atoms with E-state index in [1.807, 2.05) is 42.5 Å². The maximum absolute atomic E-state index is 8.72. The Bertz CT molecular complexity index is 514. The quantitative estimate of drug-likeness (QED) is 0.581. The number of ether oxygens (including phenoxy) is 2. The molecule has 2 aromatic rings. The molecule has 0 heterocycles. The van der Waals surface area contributed by atoms with Gasteiger partial charge in [0.25, 0.3) is 0 Å². The van der Waals surface area contributed by atoms with E-state index in [-0.39, 0.29) is 6.16 Å². The van der Waals surface area contributed by atoms with E-state index in [1.165, 1.54) is 5.56 Å². The first-order valence-corrected chi connectivity index (χ1v) is 8.20. The Hall–Kier alpha value is -1.45. The van der Waals surface area contributed by atoms with Crippen molar-refractivity contribution in [2.75, 3.05) is 26.0 Å². The van der Waals surface area contributed by atoms with Crippen LogP contribution in [0.4, 0.5) is 0 Å². The number of hydrogen-bond donors (Lipinski definition) is 2. The van der Waals surface area contributed by atoms with Gasteiger partial charge in [-0.1, -0.05) is 42.5 Å². The molecule has 0 aliphatic carbocycles. The van der Waals surface area contributed by atoms with E-state index in [0.29, 0.717) is 19.8 Å². The lowest BCUT2D eigenvalue weighted by atomic mass is 10.1. The molecule has 2 rings (SSSR count). The molecule has 2 N–H and O–H groups in total. The summed E-state index contributed by atoms with van der Waals surface area (Å²) in [7, 11) is -1.86. The Morgan fingerprint density at radius 3 is 2.10 bits per heavy atom. The highest BCUT2D eigenvalue weighted by Gasteiger charge is 2.00. The average Bonchev–Trinajstić information content (AvgIpc) is 2.52. The van der Waals surface area contributed by atoms with Crippen LogP contribution in [0.3, 0.4) is 0 Å². The molecule has 0 saturated heterocycles. The van der Waals surface area contributed by atoms with Crippen molar-refractivity contribution in [3.8, 4) is 16.9 Å². The van der Waals surface area contributed by atoms with Crippen LogP contribution in [-0.4, -0.2) is 35.8 Å². The van der Waals surface area contributed by atoms with Crippen LogP contribution in [0.1, 0.15) is 0 Å². The fourth-order valence-corrected chi connectivity index (χ4v) is 2.13. The molecule has 0 radical (unpaired) electrons. The molecule has 0 bridgehead atoms. The Morgan fingerprint density at radius 1 is 0.762 bits per heavy atom. The van der Waals surface area contributed by atoms with Gasteiger partial charge in [0.2, 0.25) is 0 Å². The van der Waals surface area contributed by atoms with E-state index >= 15 is 0 Å². The predicted molar refractivity (Wildman–Crippen MR) is 84.4 cm³/mol. The van der Waals surface area contributed by atoms with Gasteiger partial charge in [0.05, 0.1) is 13.2 Å². The summed E-state index contributed by atoms with van der Waals surface area (Å²) in [5.74, 6) is 0.796. The Labute approximate surface area is 125 Å². The Balaban J connectivity index is 1.73. The van der Waals surface area contributed by atoms with E-state index in [9.17, 15) is 0 Å². The van der Waals surface area contributed by atoms with E-state index in [0.717, 1.165) is 11.3 Å². The molecule has 21 heavy (non-hydrogen) atoms. The van der Waals surface area contributed by atoms with Crippen molar-refractivity contribution in [1.29, 1.82) is 0 Å². The first-order valence-electron chi connectivity index (χ1n) is 6.77. The lowest BCUT2D eigenvalue weighted by Crippen LogP contribution is -2.08. The molecule has 0 aliphatic heterocycles. The molecule has 0 unspecified atom stereocenters. The van der Waals surface area contributed by atoms with Gasteiger partial charge in [-0.3, -0.25) is 0 Å². The summed E-state index contributed by atoms with van der Waals surface area (Å²) < 4.78 is 10.8. The molecule has 0 aromatic heterocycles. The summed E-state index contributed by atoms with van der Waals surface area (Å²) in [5.41, 5.74) is 2.33. The van der Waals surface area contributed by atoms with Crippen molar-refractivity contribution in [2.24, 2.45) is 0 Å². The molecule has 0 aliphatic rings. The third kappa shape index (κ3) is 5.82. The third-order valence-electron chi connectivity index (χ3n) is 2.89. The van der Waals surface area contributed by atoms with Crippen LogP contribution in [0.15, 0.2) is 54.6 Å². The number of rotatable bonds is 8. The van der Waals surface area contributed by atoms with Crippen LogP contribution in [0.2, 0.25) is 0 Å². The first kappa shape index (κ1) is 15.9. The van der Waals surface area contributed by atoms with Crippen molar-refractivity contribution in [1.82, 2.24) is 0 Å². The number of hydrogen-bond acceptors (Lipinski definition) is 4. The van der Waals surface area contributed by atoms with Crippen molar-refractivity contribution >= 4 is 8.38 Å². The van der Waals surface area contributed by atoms with Crippen LogP contribution >= 0.6 is 8.38 Å². The van der Waals surface area contributed by atoms with Gasteiger partial charge in [0, 0.05) is 6.16 Å². The molecule has 0 atom stereocenters. The summed E-state index contributed by atoms with van der Waals surface area (Å²) in [6, 6.07) is 18.1. The van der Waals surface area contributed by atoms with Crippen molar-refractivity contribution in [3.63, 3.8) is 0 Å². The smallest absolute Gasteiger partial charge is 0.167 e. The third-order valence-corrected chi connectivity index (χ3v) is 3.48.